The Morgan fingerprint density at radius 1 is 1.29 bits per heavy atom. The van der Waals surface area contributed by atoms with Crippen LogP contribution in [-0.2, 0) is 14.8 Å². The van der Waals surface area contributed by atoms with Crippen LogP contribution in [-0.4, -0.2) is 40.0 Å². The van der Waals surface area contributed by atoms with Crippen molar-refractivity contribution in [1.82, 2.24) is 9.62 Å². The standard InChI is InChI=1S/C18H24N2O3S/c1-5-14-16(6-2)20(3)24(21,22)17-11-8-7-10-15(17)18(14)19-12-9-13-23-4/h5-8,10-11,18-19H,1-2,9,12-13H2,3-4H3. The van der Waals surface area contributed by atoms with Gasteiger partial charge >= 0.3 is 0 Å². The molecule has 0 amide bonds. The molecular weight excluding hydrogens is 324 g/mol. The van der Waals surface area contributed by atoms with Gasteiger partial charge < -0.3 is 10.1 Å². The summed E-state index contributed by atoms with van der Waals surface area (Å²) >= 11 is 0. The number of nitrogens with one attached hydrogen (secondary N) is 1. The number of allylic oxidation sites excluding steroid dienone is 1. The molecule has 2 rings (SSSR count). The van der Waals surface area contributed by atoms with Gasteiger partial charge in [0, 0.05) is 20.8 Å². The van der Waals surface area contributed by atoms with E-state index in [4.69, 9.17) is 4.74 Å². The first-order valence-corrected chi connectivity index (χ1v) is 9.22. The summed E-state index contributed by atoms with van der Waals surface area (Å²) in [6.45, 7) is 9.00. The summed E-state index contributed by atoms with van der Waals surface area (Å²) < 4.78 is 32.2. The minimum atomic E-state index is -3.64. The normalized spacial score (nSPS) is 19.6. The summed E-state index contributed by atoms with van der Waals surface area (Å²) in [5, 5.41) is 3.43. The second-order valence-electron chi connectivity index (χ2n) is 5.49. The lowest BCUT2D eigenvalue weighted by Gasteiger charge is -2.22. The SMILES string of the molecule is C=CC1=C(C=C)N(C)S(=O)(=O)c2ccccc2C1NCCCOC. The predicted octanol–water partition coefficient (Wildman–Crippen LogP) is 2.61. The number of fused-ring (bicyclic) bond motifs is 1. The molecule has 1 N–H and O–H groups in total. The van der Waals surface area contributed by atoms with E-state index < -0.39 is 10.0 Å². The maximum atomic E-state index is 12.9. The monoisotopic (exact) mass is 348 g/mol. The van der Waals surface area contributed by atoms with Crippen molar-refractivity contribution in [3.05, 3.63) is 66.4 Å². The molecule has 1 heterocycles. The average molecular weight is 348 g/mol. The lowest BCUT2D eigenvalue weighted by molar-refractivity contribution is 0.193. The van der Waals surface area contributed by atoms with Crippen molar-refractivity contribution in [2.24, 2.45) is 0 Å². The first-order chi connectivity index (χ1) is 11.5. The zero-order valence-electron chi connectivity index (χ0n) is 14.2. The fraction of sp³-hybridized carbons (Fsp3) is 0.333. The molecule has 0 saturated heterocycles. The topological polar surface area (TPSA) is 58.6 Å². The molecule has 130 valence electrons. The fourth-order valence-corrected chi connectivity index (χ4v) is 4.35. The third kappa shape index (κ3) is 3.31. The average Bonchev–Trinajstić information content (AvgIpc) is 2.65. The van der Waals surface area contributed by atoms with Gasteiger partial charge in [0.15, 0.2) is 0 Å². The third-order valence-electron chi connectivity index (χ3n) is 4.10. The Morgan fingerprint density at radius 3 is 2.62 bits per heavy atom. The van der Waals surface area contributed by atoms with E-state index in [1.165, 1.54) is 4.31 Å². The maximum absolute atomic E-state index is 12.9. The Bertz CT molecular complexity index is 753. The number of sulfonamides is 1. The molecule has 0 spiro atoms. The van der Waals surface area contributed by atoms with Gasteiger partial charge in [-0.2, -0.15) is 0 Å². The van der Waals surface area contributed by atoms with Gasteiger partial charge in [0.1, 0.15) is 0 Å². The van der Waals surface area contributed by atoms with Crippen molar-refractivity contribution in [1.29, 1.82) is 0 Å². The quantitative estimate of drug-likeness (QED) is 0.770. The molecule has 0 aliphatic carbocycles. The number of nitrogens with zero attached hydrogens (tertiary/aromatic N) is 1. The summed E-state index contributed by atoms with van der Waals surface area (Å²) in [5.74, 6) is 0. The molecule has 1 atom stereocenters. The number of likely N-dealkylation sites (N-methyl/N-ethyl adjacent to an activating group) is 1. The Morgan fingerprint density at radius 2 is 2.00 bits per heavy atom. The van der Waals surface area contributed by atoms with Gasteiger partial charge in [-0.1, -0.05) is 37.4 Å². The van der Waals surface area contributed by atoms with E-state index >= 15 is 0 Å². The van der Waals surface area contributed by atoms with Gasteiger partial charge in [-0.15, -0.1) is 0 Å². The zero-order valence-corrected chi connectivity index (χ0v) is 15.0. The number of rotatable bonds is 7. The van der Waals surface area contributed by atoms with Crippen molar-refractivity contribution in [3.63, 3.8) is 0 Å². The number of benzene rings is 1. The predicted molar refractivity (Wildman–Crippen MR) is 96.0 cm³/mol. The van der Waals surface area contributed by atoms with Crippen molar-refractivity contribution in [2.75, 3.05) is 27.3 Å². The van der Waals surface area contributed by atoms with Gasteiger partial charge in [0.2, 0.25) is 0 Å². The highest BCUT2D eigenvalue weighted by Crippen LogP contribution is 2.37. The van der Waals surface area contributed by atoms with Crippen molar-refractivity contribution < 1.29 is 13.2 Å². The molecule has 0 saturated carbocycles. The molecule has 1 aliphatic rings. The second-order valence-corrected chi connectivity index (χ2v) is 7.43. The number of hydrogen-bond acceptors (Lipinski definition) is 4. The number of methoxy groups -OCH3 is 1. The van der Waals surface area contributed by atoms with Crippen LogP contribution in [0.25, 0.3) is 0 Å². The van der Waals surface area contributed by atoms with Gasteiger partial charge in [-0.05, 0) is 36.2 Å². The molecule has 1 aromatic rings. The molecule has 1 aromatic carbocycles. The number of hydrogen-bond donors (Lipinski definition) is 1. The third-order valence-corrected chi connectivity index (χ3v) is 5.95. The summed E-state index contributed by atoms with van der Waals surface area (Å²) in [5.41, 5.74) is 2.04. The second kappa shape index (κ2) is 7.79. The lowest BCUT2D eigenvalue weighted by Crippen LogP contribution is -2.26. The Kier molecular flexibility index (Phi) is 5.99. The van der Waals surface area contributed by atoms with E-state index in [-0.39, 0.29) is 6.04 Å². The summed E-state index contributed by atoms with van der Waals surface area (Å²) in [6.07, 6.45) is 4.08. The molecule has 24 heavy (non-hydrogen) atoms. The lowest BCUT2D eigenvalue weighted by atomic mass is 9.96. The van der Waals surface area contributed by atoms with E-state index in [9.17, 15) is 8.42 Å². The van der Waals surface area contributed by atoms with Crippen LogP contribution < -0.4 is 5.32 Å². The molecule has 1 unspecified atom stereocenters. The van der Waals surface area contributed by atoms with Crippen LogP contribution in [0.3, 0.4) is 0 Å². The Labute approximate surface area is 144 Å². The van der Waals surface area contributed by atoms with E-state index in [1.807, 2.05) is 12.1 Å². The first-order valence-electron chi connectivity index (χ1n) is 7.78. The van der Waals surface area contributed by atoms with Gasteiger partial charge in [0.05, 0.1) is 16.6 Å². The van der Waals surface area contributed by atoms with Crippen molar-refractivity contribution in [2.45, 2.75) is 17.4 Å². The molecule has 0 aromatic heterocycles. The van der Waals surface area contributed by atoms with Crippen LogP contribution in [0, 0.1) is 0 Å². The maximum Gasteiger partial charge on any atom is 0.264 e. The number of ether oxygens (including phenoxy) is 1. The van der Waals surface area contributed by atoms with Crippen LogP contribution in [0.2, 0.25) is 0 Å². The van der Waals surface area contributed by atoms with Gasteiger partial charge in [-0.3, -0.25) is 4.31 Å². The van der Waals surface area contributed by atoms with Crippen LogP contribution in [0.1, 0.15) is 18.0 Å². The highest BCUT2D eigenvalue weighted by molar-refractivity contribution is 7.89. The Hall–Kier alpha value is -1.89. The zero-order chi connectivity index (χ0) is 17.7. The van der Waals surface area contributed by atoms with Gasteiger partial charge in [-0.25, -0.2) is 8.42 Å². The smallest absolute Gasteiger partial charge is 0.264 e. The molecule has 0 bridgehead atoms. The largest absolute Gasteiger partial charge is 0.385 e. The Balaban J connectivity index is 2.60. The van der Waals surface area contributed by atoms with Crippen molar-refractivity contribution in [3.8, 4) is 0 Å². The summed E-state index contributed by atoms with van der Waals surface area (Å²) in [7, 11) is -0.436. The molecule has 6 heteroatoms. The molecule has 0 radical (unpaired) electrons. The van der Waals surface area contributed by atoms with Crippen molar-refractivity contribution >= 4 is 10.0 Å². The minimum Gasteiger partial charge on any atom is -0.385 e. The van der Waals surface area contributed by atoms with Gasteiger partial charge in [0.25, 0.3) is 10.0 Å². The minimum absolute atomic E-state index is 0.275. The first kappa shape index (κ1) is 18.4. The van der Waals surface area contributed by atoms with Crippen LogP contribution in [0.4, 0.5) is 0 Å². The molecule has 0 fully saturated rings. The highest BCUT2D eigenvalue weighted by Gasteiger charge is 2.34. The highest BCUT2D eigenvalue weighted by atomic mass is 32.2. The summed E-state index contributed by atoms with van der Waals surface area (Å²) in [6, 6.07) is 6.78. The fourth-order valence-electron chi connectivity index (χ4n) is 2.88. The van der Waals surface area contributed by atoms with Crippen LogP contribution in [0.5, 0.6) is 0 Å². The molecule has 1 aliphatic heterocycles. The van der Waals surface area contributed by atoms with E-state index in [0.29, 0.717) is 29.3 Å². The molecular formula is C18H24N2O3S. The van der Waals surface area contributed by atoms with E-state index in [1.54, 1.807) is 38.4 Å². The molecule has 5 nitrogen and oxygen atoms in total. The van der Waals surface area contributed by atoms with Crippen LogP contribution in [0.15, 0.2) is 65.7 Å². The summed E-state index contributed by atoms with van der Waals surface area (Å²) in [4.78, 5) is 0.299. The van der Waals surface area contributed by atoms with E-state index in [2.05, 4.69) is 18.5 Å². The van der Waals surface area contributed by atoms with E-state index in [0.717, 1.165) is 12.0 Å². The van der Waals surface area contributed by atoms with Crippen LogP contribution >= 0.6 is 0 Å².